The second-order valence-corrected chi connectivity index (χ2v) is 6.78. The Morgan fingerprint density at radius 1 is 1.19 bits per heavy atom. The first-order chi connectivity index (χ1) is 12.8. The van der Waals surface area contributed by atoms with E-state index in [0.29, 0.717) is 6.61 Å². The molecule has 4 aromatic rings. The Morgan fingerprint density at radius 3 is 2.88 bits per heavy atom. The maximum Gasteiger partial charge on any atom is 0.137 e. The van der Waals surface area contributed by atoms with E-state index in [1.807, 2.05) is 37.5 Å². The van der Waals surface area contributed by atoms with E-state index in [9.17, 15) is 0 Å². The zero-order valence-corrected chi connectivity index (χ0v) is 15.5. The van der Waals surface area contributed by atoms with E-state index < -0.39 is 0 Å². The largest absolute Gasteiger partial charge is 0.494 e. The number of fused-ring (bicyclic) bond motifs is 1. The number of aromatic amines is 1. The molecule has 0 bridgehead atoms. The lowest BCUT2D eigenvalue weighted by Crippen LogP contribution is -2.03. The van der Waals surface area contributed by atoms with Crippen LogP contribution in [0.25, 0.3) is 22.2 Å². The van der Waals surface area contributed by atoms with Crippen LogP contribution in [0.5, 0.6) is 5.75 Å². The number of hydrogen-bond donors (Lipinski definition) is 1. The molecule has 0 radical (unpaired) electrons. The van der Waals surface area contributed by atoms with Crippen LogP contribution in [0.15, 0.2) is 59.6 Å². The van der Waals surface area contributed by atoms with Crippen molar-refractivity contribution >= 4 is 22.4 Å². The molecule has 0 aliphatic rings. The lowest BCUT2D eigenvalue weighted by atomic mass is 10.00. The molecule has 0 amide bonds. The van der Waals surface area contributed by atoms with Gasteiger partial charge in [-0.2, -0.15) is 11.3 Å². The molecule has 0 aliphatic carbocycles. The van der Waals surface area contributed by atoms with E-state index in [4.69, 9.17) is 9.47 Å². The van der Waals surface area contributed by atoms with Crippen LogP contribution >= 0.6 is 11.3 Å². The first-order valence-electron chi connectivity index (χ1n) is 8.55. The zero-order chi connectivity index (χ0) is 17.9. The Morgan fingerprint density at radius 2 is 2.12 bits per heavy atom. The number of H-pyrrole nitrogens is 1. The zero-order valence-electron chi connectivity index (χ0n) is 14.7. The molecule has 1 unspecified atom stereocenters. The number of thiophene rings is 1. The SMILES string of the molecule is CCOc1cccc(C(OC)c2c[nH]c3ncc(-c4ccsc4)cc23)c1. The number of aromatic nitrogens is 2. The van der Waals surface area contributed by atoms with Crippen LogP contribution in [0.3, 0.4) is 0 Å². The molecule has 4 nitrogen and oxygen atoms in total. The summed E-state index contributed by atoms with van der Waals surface area (Å²) < 4.78 is 11.5. The van der Waals surface area contributed by atoms with Crippen molar-refractivity contribution < 1.29 is 9.47 Å². The van der Waals surface area contributed by atoms with Crippen LogP contribution in [0, 0.1) is 0 Å². The molecule has 0 spiro atoms. The summed E-state index contributed by atoms with van der Waals surface area (Å²) in [6.07, 6.45) is 3.70. The molecular weight excluding hydrogens is 344 g/mol. The quantitative estimate of drug-likeness (QED) is 0.496. The average molecular weight is 364 g/mol. The van der Waals surface area contributed by atoms with E-state index in [1.54, 1.807) is 18.4 Å². The highest BCUT2D eigenvalue weighted by atomic mass is 32.1. The summed E-state index contributed by atoms with van der Waals surface area (Å²) in [5.74, 6) is 0.851. The van der Waals surface area contributed by atoms with Gasteiger partial charge in [0.25, 0.3) is 0 Å². The monoisotopic (exact) mass is 364 g/mol. The van der Waals surface area contributed by atoms with Gasteiger partial charge in [-0.25, -0.2) is 4.98 Å². The molecule has 132 valence electrons. The van der Waals surface area contributed by atoms with Crippen LogP contribution in [0.4, 0.5) is 0 Å². The smallest absolute Gasteiger partial charge is 0.137 e. The van der Waals surface area contributed by atoms with E-state index in [1.165, 1.54) is 5.56 Å². The van der Waals surface area contributed by atoms with Crippen molar-refractivity contribution in [1.82, 2.24) is 9.97 Å². The van der Waals surface area contributed by atoms with Crippen LogP contribution in [-0.4, -0.2) is 23.7 Å². The van der Waals surface area contributed by atoms with Gasteiger partial charge in [0, 0.05) is 36.0 Å². The minimum absolute atomic E-state index is 0.191. The van der Waals surface area contributed by atoms with Crippen molar-refractivity contribution in [2.75, 3.05) is 13.7 Å². The van der Waals surface area contributed by atoms with Crippen molar-refractivity contribution in [3.05, 3.63) is 70.7 Å². The van der Waals surface area contributed by atoms with Gasteiger partial charge in [0.1, 0.15) is 17.5 Å². The summed E-state index contributed by atoms with van der Waals surface area (Å²) in [7, 11) is 1.73. The Balaban J connectivity index is 1.78. The number of pyridine rings is 1. The molecule has 26 heavy (non-hydrogen) atoms. The number of rotatable bonds is 6. The second kappa shape index (κ2) is 7.32. The lowest BCUT2D eigenvalue weighted by Gasteiger charge is -2.16. The van der Waals surface area contributed by atoms with E-state index in [0.717, 1.165) is 33.5 Å². The van der Waals surface area contributed by atoms with Crippen LogP contribution in [0.1, 0.15) is 24.2 Å². The van der Waals surface area contributed by atoms with E-state index >= 15 is 0 Å². The first kappa shape index (κ1) is 16.8. The Bertz CT molecular complexity index is 1010. The third kappa shape index (κ3) is 3.11. The molecule has 0 saturated heterocycles. The van der Waals surface area contributed by atoms with Gasteiger partial charge in [-0.05, 0) is 53.1 Å². The van der Waals surface area contributed by atoms with Gasteiger partial charge in [0.05, 0.1) is 6.61 Å². The third-order valence-corrected chi connectivity index (χ3v) is 5.09. The van der Waals surface area contributed by atoms with Crippen molar-refractivity contribution in [2.45, 2.75) is 13.0 Å². The Kier molecular flexibility index (Phi) is 4.73. The van der Waals surface area contributed by atoms with Gasteiger partial charge in [0.2, 0.25) is 0 Å². The standard InChI is InChI=1S/C21H20N2O2S/c1-3-25-17-6-4-5-14(9-17)20(24-2)19-12-23-21-18(19)10-16(11-22-21)15-7-8-26-13-15/h4-13,20H,3H2,1-2H3,(H,22,23). The Labute approximate surface area is 156 Å². The molecule has 1 atom stereocenters. The summed E-state index contributed by atoms with van der Waals surface area (Å²) in [6, 6.07) is 12.3. The average Bonchev–Trinajstić information content (AvgIpc) is 3.33. The fourth-order valence-corrected chi connectivity index (χ4v) is 3.87. The fourth-order valence-electron chi connectivity index (χ4n) is 3.20. The van der Waals surface area contributed by atoms with Gasteiger partial charge in [0.15, 0.2) is 0 Å². The van der Waals surface area contributed by atoms with Crippen LogP contribution < -0.4 is 4.74 Å². The predicted molar refractivity (Wildman–Crippen MR) is 106 cm³/mol. The molecule has 3 aromatic heterocycles. The van der Waals surface area contributed by atoms with Gasteiger partial charge < -0.3 is 14.5 Å². The molecule has 0 saturated carbocycles. The molecule has 0 aliphatic heterocycles. The lowest BCUT2D eigenvalue weighted by molar-refractivity contribution is 0.137. The topological polar surface area (TPSA) is 47.1 Å². The van der Waals surface area contributed by atoms with E-state index in [2.05, 4.69) is 38.9 Å². The summed E-state index contributed by atoms with van der Waals surface area (Å²) in [6.45, 7) is 2.62. The molecule has 3 heterocycles. The maximum atomic E-state index is 5.85. The fraction of sp³-hybridized carbons (Fsp3) is 0.190. The molecular formula is C21H20N2O2S. The highest BCUT2D eigenvalue weighted by Gasteiger charge is 2.19. The van der Waals surface area contributed by atoms with E-state index in [-0.39, 0.29) is 6.10 Å². The normalized spacial score (nSPS) is 12.4. The highest BCUT2D eigenvalue weighted by molar-refractivity contribution is 7.08. The minimum atomic E-state index is -0.191. The minimum Gasteiger partial charge on any atom is -0.494 e. The number of methoxy groups -OCH3 is 1. The number of benzene rings is 1. The Hall–Kier alpha value is -2.63. The number of nitrogens with one attached hydrogen (secondary N) is 1. The summed E-state index contributed by atoms with van der Waals surface area (Å²) in [5, 5.41) is 5.28. The summed E-state index contributed by atoms with van der Waals surface area (Å²) >= 11 is 1.69. The van der Waals surface area contributed by atoms with Crippen LogP contribution in [-0.2, 0) is 4.74 Å². The van der Waals surface area contributed by atoms with Gasteiger partial charge in [-0.1, -0.05) is 12.1 Å². The third-order valence-electron chi connectivity index (χ3n) is 4.41. The maximum absolute atomic E-state index is 5.85. The molecule has 1 aromatic carbocycles. The van der Waals surface area contributed by atoms with Crippen LogP contribution in [0.2, 0.25) is 0 Å². The molecule has 1 N–H and O–H groups in total. The molecule has 5 heteroatoms. The van der Waals surface area contributed by atoms with Gasteiger partial charge in [-0.3, -0.25) is 0 Å². The summed E-state index contributed by atoms with van der Waals surface area (Å²) in [4.78, 5) is 7.85. The van der Waals surface area contributed by atoms with Crippen molar-refractivity contribution in [3.63, 3.8) is 0 Å². The second-order valence-electron chi connectivity index (χ2n) is 6.00. The predicted octanol–water partition coefficient (Wildman–Crippen LogP) is 5.43. The first-order valence-corrected chi connectivity index (χ1v) is 9.49. The summed E-state index contributed by atoms with van der Waals surface area (Å²) in [5.41, 5.74) is 5.28. The van der Waals surface area contributed by atoms with Crippen molar-refractivity contribution in [3.8, 4) is 16.9 Å². The number of ether oxygens (including phenoxy) is 2. The van der Waals surface area contributed by atoms with Crippen molar-refractivity contribution in [1.29, 1.82) is 0 Å². The molecule has 4 rings (SSSR count). The van der Waals surface area contributed by atoms with Gasteiger partial charge in [-0.15, -0.1) is 0 Å². The number of nitrogens with zero attached hydrogens (tertiary/aromatic N) is 1. The highest BCUT2D eigenvalue weighted by Crippen LogP contribution is 2.34. The van der Waals surface area contributed by atoms with Gasteiger partial charge >= 0.3 is 0 Å². The van der Waals surface area contributed by atoms with Crippen molar-refractivity contribution in [2.24, 2.45) is 0 Å². The number of hydrogen-bond acceptors (Lipinski definition) is 4. The molecule has 0 fully saturated rings.